The predicted octanol–water partition coefficient (Wildman–Crippen LogP) is 6.22. The average molecular weight is 511 g/mol. The molecule has 0 bridgehead atoms. The van der Waals surface area contributed by atoms with Crippen LogP contribution >= 0.6 is 0 Å². The quantitative estimate of drug-likeness (QED) is 0.232. The molecule has 2 aliphatic rings. The number of amides is 1. The number of ether oxygens (including phenoxy) is 1. The molecule has 0 aromatic heterocycles. The van der Waals surface area contributed by atoms with Gasteiger partial charge in [-0.15, -0.1) is 0 Å². The van der Waals surface area contributed by atoms with Gasteiger partial charge in [0.1, 0.15) is 11.5 Å². The Hall–Kier alpha value is -4.06. The standard InChI is InChI=1S/C32H34N2O4/c1-5-33(6-2)25-12-9-22(10-13-25)29-28(30(35)24-11-16-27-23(19-24)17-18-38-27)31(36)32(37)34(29)26-14-7-21(8-15-26)20(3)4/h7-16,19-20,29,35H,5-6,17-18H2,1-4H3/b30-28-. The monoisotopic (exact) mass is 510 g/mol. The fourth-order valence-corrected chi connectivity index (χ4v) is 5.38. The number of Topliss-reactive ketones (excluding diaryl/α,β-unsaturated/α-hetero) is 1. The summed E-state index contributed by atoms with van der Waals surface area (Å²) in [6.07, 6.45) is 0.739. The molecule has 3 aromatic carbocycles. The molecule has 1 unspecified atom stereocenters. The van der Waals surface area contributed by atoms with E-state index < -0.39 is 17.7 Å². The van der Waals surface area contributed by atoms with Crippen molar-refractivity contribution < 1.29 is 19.4 Å². The van der Waals surface area contributed by atoms with Gasteiger partial charge in [-0.05, 0) is 78.9 Å². The number of hydrogen-bond donors (Lipinski definition) is 1. The zero-order valence-electron chi connectivity index (χ0n) is 22.4. The molecule has 38 heavy (non-hydrogen) atoms. The molecule has 0 aliphatic carbocycles. The Morgan fingerprint density at radius 1 is 1.00 bits per heavy atom. The zero-order valence-corrected chi connectivity index (χ0v) is 22.4. The first-order chi connectivity index (χ1) is 18.3. The van der Waals surface area contributed by atoms with Crippen LogP contribution in [0.2, 0.25) is 0 Å². The van der Waals surface area contributed by atoms with Gasteiger partial charge in [-0.2, -0.15) is 0 Å². The van der Waals surface area contributed by atoms with Crippen LogP contribution in [0.3, 0.4) is 0 Å². The van der Waals surface area contributed by atoms with Gasteiger partial charge in [0.2, 0.25) is 0 Å². The van der Waals surface area contributed by atoms with Crippen molar-refractivity contribution in [2.24, 2.45) is 0 Å². The first kappa shape index (κ1) is 25.6. The van der Waals surface area contributed by atoms with Crippen LogP contribution in [0.1, 0.15) is 61.9 Å². The molecule has 1 fully saturated rings. The van der Waals surface area contributed by atoms with E-state index in [1.807, 2.05) is 60.7 Å². The fourth-order valence-electron chi connectivity index (χ4n) is 5.38. The summed E-state index contributed by atoms with van der Waals surface area (Å²) in [4.78, 5) is 30.8. The van der Waals surface area contributed by atoms with Gasteiger partial charge in [0, 0.05) is 36.4 Å². The van der Waals surface area contributed by atoms with Gasteiger partial charge in [-0.3, -0.25) is 14.5 Å². The Bertz CT molecular complexity index is 1390. The molecule has 0 radical (unpaired) electrons. The number of hydrogen-bond acceptors (Lipinski definition) is 5. The lowest BCUT2D eigenvalue weighted by Gasteiger charge is -2.27. The van der Waals surface area contributed by atoms with Gasteiger partial charge in [-0.25, -0.2) is 0 Å². The Balaban J connectivity index is 1.65. The van der Waals surface area contributed by atoms with Crippen molar-refractivity contribution in [2.75, 3.05) is 29.5 Å². The maximum Gasteiger partial charge on any atom is 0.300 e. The van der Waals surface area contributed by atoms with E-state index in [-0.39, 0.29) is 11.3 Å². The average Bonchev–Trinajstić information content (AvgIpc) is 3.51. The summed E-state index contributed by atoms with van der Waals surface area (Å²) in [6, 6.07) is 20.3. The molecule has 6 nitrogen and oxygen atoms in total. The Kier molecular flexibility index (Phi) is 6.98. The van der Waals surface area contributed by atoms with Crippen LogP contribution in [-0.4, -0.2) is 36.5 Å². The third kappa shape index (κ3) is 4.44. The highest BCUT2D eigenvalue weighted by Crippen LogP contribution is 2.43. The van der Waals surface area contributed by atoms with Crippen LogP contribution in [0.25, 0.3) is 5.76 Å². The highest BCUT2D eigenvalue weighted by Gasteiger charge is 2.47. The highest BCUT2D eigenvalue weighted by atomic mass is 16.5. The van der Waals surface area contributed by atoms with Crippen LogP contribution in [-0.2, 0) is 16.0 Å². The van der Waals surface area contributed by atoms with E-state index >= 15 is 0 Å². The third-order valence-electron chi connectivity index (χ3n) is 7.58. The maximum absolute atomic E-state index is 13.5. The number of anilines is 2. The fraction of sp³-hybridized carbons (Fsp3) is 0.312. The number of carbonyl (C=O) groups excluding carboxylic acids is 2. The second kappa shape index (κ2) is 10.4. The molecule has 1 N–H and O–H groups in total. The smallest absolute Gasteiger partial charge is 0.300 e. The number of aliphatic hydroxyl groups excluding tert-OH is 1. The van der Waals surface area contributed by atoms with Crippen molar-refractivity contribution in [2.45, 2.75) is 46.1 Å². The molecule has 1 atom stereocenters. The zero-order chi connectivity index (χ0) is 27.0. The molecule has 1 saturated heterocycles. The molecule has 1 amide bonds. The van der Waals surface area contributed by atoms with Crippen LogP contribution in [0.15, 0.2) is 72.3 Å². The molecule has 0 saturated carbocycles. The van der Waals surface area contributed by atoms with Gasteiger partial charge in [-0.1, -0.05) is 38.1 Å². The Labute approximate surface area is 224 Å². The lowest BCUT2D eigenvalue weighted by atomic mass is 9.94. The molecule has 5 rings (SSSR count). The second-order valence-electron chi connectivity index (χ2n) is 10.1. The summed E-state index contributed by atoms with van der Waals surface area (Å²) in [7, 11) is 0. The van der Waals surface area contributed by atoms with Crippen molar-refractivity contribution in [1.82, 2.24) is 0 Å². The van der Waals surface area contributed by atoms with Crippen molar-refractivity contribution in [3.63, 3.8) is 0 Å². The van der Waals surface area contributed by atoms with Crippen molar-refractivity contribution in [3.8, 4) is 5.75 Å². The van der Waals surface area contributed by atoms with E-state index in [1.165, 1.54) is 4.90 Å². The number of fused-ring (bicyclic) bond motifs is 1. The summed E-state index contributed by atoms with van der Waals surface area (Å²) >= 11 is 0. The first-order valence-electron chi connectivity index (χ1n) is 13.4. The molecular weight excluding hydrogens is 476 g/mol. The van der Waals surface area contributed by atoms with Gasteiger partial charge in [0.05, 0.1) is 18.2 Å². The third-order valence-corrected chi connectivity index (χ3v) is 7.58. The number of ketones is 1. The number of nitrogens with zero attached hydrogens (tertiary/aromatic N) is 2. The SMILES string of the molecule is CCN(CC)c1ccc(C2/C(=C(/O)c3ccc4c(c3)CCO4)C(=O)C(=O)N2c2ccc(C(C)C)cc2)cc1. The molecular formula is C32H34N2O4. The summed E-state index contributed by atoms with van der Waals surface area (Å²) in [5.41, 5.74) is 5.17. The summed E-state index contributed by atoms with van der Waals surface area (Å²) in [5.74, 6) is -0.379. The van der Waals surface area contributed by atoms with Crippen LogP contribution < -0.4 is 14.5 Å². The van der Waals surface area contributed by atoms with Gasteiger partial charge < -0.3 is 14.7 Å². The summed E-state index contributed by atoms with van der Waals surface area (Å²) in [5, 5.41) is 11.5. The number of aliphatic hydroxyl groups is 1. The largest absolute Gasteiger partial charge is 0.507 e. The van der Waals surface area contributed by atoms with Crippen LogP contribution in [0.5, 0.6) is 5.75 Å². The van der Waals surface area contributed by atoms with E-state index in [1.54, 1.807) is 6.07 Å². The lowest BCUT2D eigenvalue weighted by Crippen LogP contribution is -2.29. The van der Waals surface area contributed by atoms with E-state index in [0.29, 0.717) is 23.8 Å². The normalized spacial score (nSPS) is 18.1. The topological polar surface area (TPSA) is 70.1 Å². The molecule has 2 heterocycles. The van der Waals surface area contributed by atoms with Gasteiger partial charge in [0.15, 0.2) is 0 Å². The number of rotatable bonds is 7. The minimum atomic E-state index is -0.754. The Morgan fingerprint density at radius 2 is 1.68 bits per heavy atom. The molecule has 196 valence electrons. The number of benzene rings is 3. The molecule has 6 heteroatoms. The summed E-state index contributed by atoms with van der Waals surface area (Å²) in [6.45, 7) is 10.8. The highest BCUT2D eigenvalue weighted by molar-refractivity contribution is 6.51. The van der Waals surface area contributed by atoms with Crippen LogP contribution in [0.4, 0.5) is 11.4 Å². The van der Waals surface area contributed by atoms with Gasteiger partial charge >= 0.3 is 0 Å². The van der Waals surface area contributed by atoms with Gasteiger partial charge in [0.25, 0.3) is 11.7 Å². The van der Waals surface area contributed by atoms with E-state index in [4.69, 9.17) is 4.74 Å². The van der Waals surface area contributed by atoms with Crippen LogP contribution in [0, 0.1) is 0 Å². The Morgan fingerprint density at radius 3 is 2.32 bits per heavy atom. The van der Waals surface area contributed by atoms with E-state index in [2.05, 4.69) is 32.6 Å². The minimum Gasteiger partial charge on any atom is -0.507 e. The van der Waals surface area contributed by atoms with E-state index in [0.717, 1.165) is 47.6 Å². The maximum atomic E-state index is 13.5. The molecule has 2 aliphatic heterocycles. The summed E-state index contributed by atoms with van der Waals surface area (Å²) < 4.78 is 5.61. The molecule has 3 aromatic rings. The van der Waals surface area contributed by atoms with Crippen molar-refractivity contribution in [3.05, 3.63) is 94.6 Å². The number of carbonyl (C=O) groups is 2. The van der Waals surface area contributed by atoms with Crippen molar-refractivity contribution >= 4 is 28.8 Å². The van der Waals surface area contributed by atoms with E-state index in [9.17, 15) is 14.7 Å². The minimum absolute atomic E-state index is 0.0948. The lowest BCUT2D eigenvalue weighted by molar-refractivity contribution is -0.132. The first-order valence-corrected chi connectivity index (χ1v) is 13.4. The second-order valence-corrected chi connectivity index (χ2v) is 10.1. The predicted molar refractivity (Wildman–Crippen MR) is 151 cm³/mol. The molecule has 0 spiro atoms. The van der Waals surface area contributed by atoms with Crippen molar-refractivity contribution in [1.29, 1.82) is 0 Å².